The molecular formula is C21H19ClN2O2. The molecule has 2 aromatic carbocycles. The lowest BCUT2D eigenvalue weighted by molar-refractivity contribution is -0.131. The summed E-state index contributed by atoms with van der Waals surface area (Å²) in [6.45, 7) is 2.68. The minimum atomic E-state index is -0.177. The van der Waals surface area contributed by atoms with Crippen molar-refractivity contribution in [3.05, 3.63) is 94.5 Å². The number of furan rings is 1. The molecule has 2 N–H and O–H groups in total. The van der Waals surface area contributed by atoms with Crippen LogP contribution < -0.4 is 5.73 Å². The monoisotopic (exact) mass is 366 g/mol. The van der Waals surface area contributed by atoms with Gasteiger partial charge in [-0.2, -0.15) is 0 Å². The average molecular weight is 367 g/mol. The third kappa shape index (κ3) is 3.47. The first-order valence-corrected chi connectivity index (χ1v) is 8.79. The molecule has 3 aromatic rings. The number of hydroxylamine groups is 2. The molecule has 1 aliphatic rings. The topological polar surface area (TPSA) is 51.6 Å². The molecule has 0 spiro atoms. The predicted octanol–water partition coefficient (Wildman–Crippen LogP) is 5.20. The van der Waals surface area contributed by atoms with Gasteiger partial charge in [-0.15, -0.1) is 5.06 Å². The number of aryl methyl sites for hydroxylation is 1. The molecule has 0 saturated carbocycles. The highest BCUT2D eigenvalue weighted by Crippen LogP contribution is 2.35. The van der Waals surface area contributed by atoms with Crippen LogP contribution in [0.25, 0.3) is 11.3 Å². The lowest BCUT2D eigenvalue weighted by Gasteiger charge is -2.21. The lowest BCUT2D eigenvalue weighted by Crippen LogP contribution is -2.23. The predicted molar refractivity (Wildman–Crippen MR) is 102 cm³/mol. The molecule has 1 atom stereocenters. The van der Waals surface area contributed by atoms with Crippen molar-refractivity contribution in [1.29, 1.82) is 0 Å². The van der Waals surface area contributed by atoms with Gasteiger partial charge >= 0.3 is 0 Å². The normalized spacial score (nSPS) is 17.2. The maximum atomic E-state index is 6.08. The van der Waals surface area contributed by atoms with Crippen LogP contribution in [-0.2, 0) is 11.4 Å². The molecule has 4 rings (SSSR count). The smallest absolute Gasteiger partial charge is 0.207 e. The van der Waals surface area contributed by atoms with E-state index in [2.05, 4.69) is 25.1 Å². The molecule has 1 aromatic heterocycles. The summed E-state index contributed by atoms with van der Waals surface area (Å²) >= 11 is 6.08. The molecule has 132 valence electrons. The van der Waals surface area contributed by atoms with Crippen LogP contribution in [-0.4, -0.2) is 5.06 Å². The molecule has 0 aliphatic carbocycles. The first-order chi connectivity index (χ1) is 12.6. The van der Waals surface area contributed by atoms with Crippen LogP contribution in [0, 0.1) is 6.92 Å². The van der Waals surface area contributed by atoms with E-state index in [1.165, 1.54) is 5.56 Å². The first-order valence-electron chi connectivity index (χ1n) is 8.41. The van der Waals surface area contributed by atoms with Crippen LogP contribution in [0.2, 0.25) is 5.02 Å². The zero-order chi connectivity index (χ0) is 18.1. The Morgan fingerprint density at radius 1 is 1.08 bits per heavy atom. The fourth-order valence-corrected chi connectivity index (χ4v) is 3.31. The quantitative estimate of drug-likeness (QED) is 0.689. The summed E-state index contributed by atoms with van der Waals surface area (Å²) in [7, 11) is 0. The van der Waals surface area contributed by atoms with Gasteiger partial charge in [0, 0.05) is 16.7 Å². The largest absolute Gasteiger partial charge is 0.459 e. The standard InChI is InChI=1S/C21H19ClN2O2/c1-14-4-2-5-15(10-14)13-24-18(12-21(23)26-24)20-9-8-19(25-20)16-6-3-7-17(22)11-16/h2-12,18H,13,23H2,1H3. The molecule has 0 saturated heterocycles. The van der Waals surface area contributed by atoms with E-state index >= 15 is 0 Å². The summed E-state index contributed by atoms with van der Waals surface area (Å²) in [5.74, 6) is 1.91. The number of hydrogen-bond donors (Lipinski definition) is 1. The summed E-state index contributed by atoms with van der Waals surface area (Å²) in [6.07, 6.45) is 1.86. The van der Waals surface area contributed by atoms with E-state index in [0.29, 0.717) is 17.5 Å². The van der Waals surface area contributed by atoms with Crippen molar-refractivity contribution in [2.75, 3.05) is 0 Å². The van der Waals surface area contributed by atoms with Gasteiger partial charge in [-0.3, -0.25) is 0 Å². The number of hydrogen-bond acceptors (Lipinski definition) is 4. The van der Waals surface area contributed by atoms with Crippen molar-refractivity contribution < 1.29 is 9.25 Å². The van der Waals surface area contributed by atoms with Crippen LogP contribution in [0.15, 0.2) is 77.0 Å². The lowest BCUT2D eigenvalue weighted by atomic mass is 10.1. The third-order valence-corrected chi connectivity index (χ3v) is 4.54. The SMILES string of the molecule is Cc1cccc(CN2OC(N)=CC2c2ccc(-c3cccc(Cl)c3)o2)c1. The molecule has 0 amide bonds. The van der Waals surface area contributed by atoms with Crippen molar-refractivity contribution in [3.63, 3.8) is 0 Å². The molecule has 0 fully saturated rings. The number of halogens is 1. The highest BCUT2D eigenvalue weighted by molar-refractivity contribution is 6.30. The van der Waals surface area contributed by atoms with Crippen LogP contribution in [0.1, 0.15) is 22.9 Å². The van der Waals surface area contributed by atoms with E-state index < -0.39 is 0 Å². The summed E-state index contributed by atoms with van der Waals surface area (Å²) in [4.78, 5) is 5.70. The van der Waals surface area contributed by atoms with Gasteiger partial charge < -0.3 is 15.0 Å². The van der Waals surface area contributed by atoms with E-state index in [1.807, 2.05) is 53.6 Å². The fourth-order valence-electron chi connectivity index (χ4n) is 3.12. The van der Waals surface area contributed by atoms with Crippen LogP contribution in [0.5, 0.6) is 0 Å². The second kappa shape index (κ2) is 6.90. The molecule has 2 heterocycles. The van der Waals surface area contributed by atoms with Crippen molar-refractivity contribution in [3.8, 4) is 11.3 Å². The maximum absolute atomic E-state index is 6.08. The molecule has 4 nitrogen and oxygen atoms in total. The number of benzene rings is 2. The van der Waals surface area contributed by atoms with Crippen LogP contribution in [0.4, 0.5) is 0 Å². The van der Waals surface area contributed by atoms with E-state index in [9.17, 15) is 0 Å². The first kappa shape index (κ1) is 16.8. The van der Waals surface area contributed by atoms with Gasteiger partial charge in [0.05, 0.1) is 6.54 Å². The summed E-state index contributed by atoms with van der Waals surface area (Å²) in [6, 6.07) is 19.6. The van der Waals surface area contributed by atoms with Crippen molar-refractivity contribution in [2.45, 2.75) is 19.5 Å². The Labute approximate surface area is 157 Å². The van der Waals surface area contributed by atoms with Crippen molar-refractivity contribution in [1.82, 2.24) is 5.06 Å². The minimum Gasteiger partial charge on any atom is -0.459 e. The second-order valence-electron chi connectivity index (χ2n) is 6.38. The zero-order valence-corrected chi connectivity index (χ0v) is 15.1. The van der Waals surface area contributed by atoms with Gasteiger partial charge in [0.25, 0.3) is 0 Å². The van der Waals surface area contributed by atoms with E-state index in [1.54, 1.807) is 0 Å². The Morgan fingerprint density at radius 2 is 1.92 bits per heavy atom. The Kier molecular flexibility index (Phi) is 4.45. The minimum absolute atomic E-state index is 0.177. The van der Waals surface area contributed by atoms with Crippen molar-refractivity contribution in [2.24, 2.45) is 5.73 Å². The van der Waals surface area contributed by atoms with Gasteiger partial charge in [-0.05, 0) is 36.8 Å². The molecule has 1 unspecified atom stereocenters. The van der Waals surface area contributed by atoms with Crippen LogP contribution >= 0.6 is 11.6 Å². The fraction of sp³-hybridized carbons (Fsp3) is 0.143. The number of nitrogens with two attached hydrogens (primary N) is 1. The van der Waals surface area contributed by atoms with Gasteiger partial charge in [-0.1, -0.05) is 53.6 Å². The highest BCUT2D eigenvalue weighted by atomic mass is 35.5. The summed E-state index contributed by atoms with van der Waals surface area (Å²) in [5.41, 5.74) is 9.21. The third-order valence-electron chi connectivity index (χ3n) is 4.30. The molecule has 0 bridgehead atoms. The number of nitrogens with zero attached hydrogens (tertiary/aromatic N) is 1. The van der Waals surface area contributed by atoms with Gasteiger partial charge in [0.15, 0.2) is 0 Å². The van der Waals surface area contributed by atoms with E-state index in [-0.39, 0.29) is 6.04 Å². The van der Waals surface area contributed by atoms with E-state index in [0.717, 1.165) is 22.6 Å². The Hall–Kier alpha value is -2.69. The zero-order valence-electron chi connectivity index (χ0n) is 14.4. The second-order valence-corrected chi connectivity index (χ2v) is 6.82. The van der Waals surface area contributed by atoms with Gasteiger partial charge in [0.2, 0.25) is 5.88 Å². The molecule has 1 aliphatic heterocycles. The van der Waals surface area contributed by atoms with Gasteiger partial charge in [-0.25, -0.2) is 0 Å². The van der Waals surface area contributed by atoms with Crippen LogP contribution in [0.3, 0.4) is 0 Å². The summed E-state index contributed by atoms with van der Waals surface area (Å²) in [5, 5.41) is 2.50. The Morgan fingerprint density at radius 3 is 2.73 bits per heavy atom. The Balaban J connectivity index is 1.59. The number of rotatable bonds is 4. The molecule has 26 heavy (non-hydrogen) atoms. The van der Waals surface area contributed by atoms with Gasteiger partial charge in [0.1, 0.15) is 17.6 Å². The highest BCUT2D eigenvalue weighted by Gasteiger charge is 2.30. The maximum Gasteiger partial charge on any atom is 0.207 e. The molecule has 0 radical (unpaired) electrons. The summed E-state index contributed by atoms with van der Waals surface area (Å²) < 4.78 is 6.07. The molecule has 5 heteroatoms. The molecular weight excluding hydrogens is 348 g/mol. The van der Waals surface area contributed by atoms with Crippen molar-refractivity contribution >= 4 is 11.6 Å². The average Bonchev–Trinajstić information content (AvgIpc) is 3.22. The van der Waals surface area contributed by atoms with E-state index in [4.69, 9.17) is 26.6 Å². The Bertz CT molecular complexity index is 964.